The van der Waals surface area contributed by atoms with E-state index in [2.05, 4.69) is 21.0 Å². The number of alkyl halides is 1. The normalized spacial score (nSPS) is 11.3. The van der Waals surface area contributed by atoms with E-state index in [-0.39, 0.29) is 5.82 Å². The van der Waals surface area contributed by atoms with Crippen molar-refractivity contribution in [1.82, 2.24) is 9.55 Å². The number of hydrogen-bond acceptors (Lipinski definition) is 2. The molecule has 0 N–H and O–H groups in total. The third-order valence-electron chi connectivity index (χ3n) is 3.29. The molecule has 0 amide bonds. The molecule has 5 heteroatoms. The predicted octanol–water partition coefficient (Wildman–Crippen LogP) is 4.26. The number of aryl methyl sites for hydroxylation is 3. The van der Waals surface area contributed by atoms with Crippen LogP contribution in [0.2, 0.25) is 0 Å². The topological polar surface area (TPSA) is 17.8 Å². The first-order valence-corrected chi connectivity index (χ1v) is 7.93. The van der Waals surface area contributed by atoms with E-state index in [1.165, 1.54) is 10.9 Å². The Kier molecular flexibility index (Phi) is 4.03. The summed E-state index contributed by atoms with van der Waals surface area (Å²) in [6.07, 6.45) is 1.58. The Labute approximate surface area is 125 Å². The van der Waals surface area contributed by atoms with Crippen LogP contribution in [0.5, 0.6) is 0 Å². The van der Waals surface area contributed by atoms with E-state index in [1.54, 1.807) is 17.4 Å². The lowest BCUT2D eigenvalue weighted by atomic mass is 10.3. The fourth-order valence-corrected chi connectivity index (χ4v) is 3.23. The highest BCUT2D eigenvalue weighted by Gasteiger charge is 2.13. The van der Waals surface area contributed by atoms with Gasteiger partial charge in [0.2, 0.25) is 0 Å². The highest BCUT2D eigenvalue weighted by atomic mass is 35.5. The monoisotopic (exact) mass is 308 g/mol. The van der Waals surface area contributed by atoms with Gasteiger partial charge in [0.25, 0.3) is 0 Å². The minimum atomic E-state index is -0.270. The van der Waals surface area contributed by atoms with Crippen LogP contribution in [-0.4, -0.2) is 15.4 Å². The molecule has 0 atom stereocenters. The van der Waals surface area contributed by atoms with Crippen molar-refractivity contribution < 1.29 is 4.39 Å². The second kappa shape index (κ2) is 5.94. The van der Waals surface area contributed by atoms with Gasteiger partial charge in [-0.05, 0) is 30.0 Å². The fraction of sp³-hybridized carbons (Fsp3) is 0.267. The van der Waals surface area contributed by atoms with E-state index in [9.17, 15) is 4.39 Å². The van der Waals surface area contributed by atoms with Gasteiger partial charge in [0.1, 0.15) is 11.3 Å². The van der Waals surface area contributed by atoms with Crippen LogP contribution in [0.1, 0.15) is 10.7 Å². The molecule has 0 fully saturated rings. The number of nitrogens with zero attached hydrogens (tertiary/aromatic N) is 2. The highest BCUT2D eigenvalue weighted by molar-refractivity contribution is 7.09. The summed E-state index contributed by atoms with van der Waals surface area (Å²) in [5.41, 5.74) is 1.29. The Hall–Kier alpha value is -1.39. The van der Waals surface area contributed by atoms with Crippen LogP contribution < -0.4 is 0 Å². The van der Waals surface area contributed by atoms with Gasteiger partial charge in [-0.3, -0.25) is 0 Å². The zero-order chi connectivity index (χ0) is 13.9. The molecule has 2 heterocycles. The second-order valence-electron chi connectivity index (χ2n) is 4.56. The number of halogens is 2. The van der Waals surface area contributed by atoms with Gasteiger partial charge in [0, 0.05) is 23.7 Å². The highest BCUT2D eigenvalue weighted by Crippen LogP contribution is 2.21. The SMILES string of the molecule is Fc1cccc2c1nc(CCCl)n2CCc1cccs1. The van der Waals surface area contributed by atoms with Gasteiger partial charge in [0.05, 0.1) is 5.52 Å². The van der Waals surface area contributed by atoms with E-state index in [0.29, 0.717) is 17.8 Å². The molecule has 2 aromatic heterocycles. The molecule has 20 heavy (non-hydrogen) atoms. The molecule has 0 unspecified atom stereocenters. The minimum Gasteiger partial charge on any atom is -0.327 e. The average molecular weight is 309 g/mol. The van der Waals surface area contributed by atoms with Crippen LogP contribution in [-0.2, 0) is 19.4 Å². The number of aromatic nitrogens is 2. The first-order valence-electron chi connectivity index (χ1n) is 6.51. The summed E-state index contributed by atoms with van der Waals surface area (Å²) in [6, 6.07) is 9.25. The van der Waals surface area contributed by atoms with Crippen molar-refractivity contribution in [2.45, 2.75) is 19.4 Å². The van der Waals surface area contributed by atoms with Gasteiger partial charge in [-0.2, -0.15) is 0 Å². The molecule has 104 valence electrons. The Bertz CT molecular complexity index is 706. The molecule has 0 aliphatic carbocycles. The van der Waals surface area contributed by atoms with Gasteiger partial charge in [-0.1, -0.05) is 12.1 Å². The summed E-state index contributed by atoms with van der Waals surface area (Å²) >= 11 is 7.57. The Morgan fingerprint density at radius 3 is 2.85 bits per heavy atom. The quantitative estimate of drug-likeness (QED) is 0.644. The molecule has 3 rings (SSSR count). The summed E-state index contributed by atoms with van der Waals surface area (Å²) in [4.78, 5) is 5.73. The van der Waals surface area contributed by atoms with Gasteiger partial charge in [0.15, 0.2) is 5.82 Å². The third-order valence-corrected chi connectivity index (χ3v) is 4.41. The molecular formula is C15H14ClFN2S. The number of thiophene rings is 1. The number of para-hydroxylation sites is 1. The van der Waals surface area contributed by atoms with Gasteiger partial charge in [-0.15, -0.1) is 22.9 Å². The maximum absolute atomic E-state index is 13.8. The van der Waals surface area contributed by atoms with Crippen molar-refractivity contribution in [2.75, 3.05) is 5.88 Å². The number of hydrogen-bond donors (Lipinski definition) is 0. The zero-order valence-electron chi connectivity index (χ0n) is 10.9. The van der Waals surface area contributed by atoms with Crippen LogP contribution in [0.3, 0.4) is 0 Å². The lowest BCUT2D eigenvalue weighted by Crippen LogP contribution is -2.06. The van der Waals surface area contributed by atoms with E-state index >= 15 is 0 Å². The molecule has 0 spiro atoms. The van der Waals surface area contributed by atoms with E-state index in [4.69, 9.17) is 11.6 Å². The number of fused-ring (bicyclic) bond motifs is 1. The first kappa shape index (κ1) is 13.6. The van der Waals surface area contributed by atoms with Crippen LogP contribution in [0, 0.1) is 5.82 Å². The molecule has 0 saturated carbocycles. The molecule has 0 bridgehead atoms. The third kappa shape index (κ3) is 2.58. The molecule has 2 nitrogen and oxygen atoms in total. The largest absolute Gasteiger partial charge is 0.327 e. The van der Waals surface area contributed by atoms with Crippen LogP contribution >= 0.6 is 22.9 Å². The van der Waals surface area contributed by atoms with Crippen molar-refractivity contribution in [1.29, 1.82) is 0 Å². The molecule has 1 aromatic carbocycles. The predicted molar refractivity (Wildman–Crippen MR) is 82.1 cm³/mol. The first-order chi connectivity index (χ1) is 9.79. The average Bonchev–Trinajstić information content (AvgIpc) is 3.05. The Balaban J connectivity index is 1.98. The van der Waals surface area contributed by atoms with E-state index in [0.717, 1.165) is 24.3 Å². The zero-order valence-corrected chi connectivity index (χ0v) is 12.4. The van der Waals surface area contributed by atoms with Crippen LogP contribution in [0.15, 0.2) is 35.7 Å². The van der Waals surface area contributed by atoms with E-state index in [1.807, 2.05) is 12.1 Å². The molecule has 0 aliphatic rings. The van der Waals surface area contributed by atoms with Crippen molar-refractivity contribution in [2.24, 2.45) is 0 Å². The van der Waals surface area contributed by atoms with Crippen molar-refractivity contribution in [3.8, 4) is 0 Å². The number of imidazole rings is 1. The summed E-state index contributed by atoms with van der Waals surface area (Å²) in [6.45, 7) is 0.798. The molecule has 0 radical (unpaired) electrons. The molecule has 3 aromatic rings. The summed E-state index contributed by atoms with van der Waals surface area (Å²) in [7, 11) is 0. The fourth-order valence-electron chi connectivity index (χ4n) is 2.36. The summed E-state index contributed by atoms with van der Waals surface area (Å²) in [5, 5.41) is 2.07. The molecule has 0 aliphatic heterocycles. The molecule has 0 saturated heterocycles. The smallest absolute Gasteiger partial charge is 0.151 e. The lowest BCUT2D eigenvalue weighted by Gasteiger charge is -2.07. The van der Waals surface area contributed by atoms with Crippen LogP contribution in [0.4, 0.5) is 4.39 Å². The standard InChI is InChI=1S/C15H14ClFN2S/c16-8-6-14-18-15-12(17)4-1-5-13(15)19(14)9-7-11-3-2-10-20-11/h1-5,10H,6-9H2. The maximum Gasteiger partial charge on any atom is 0.151 e. The van der Waals surface area contributed by atoms with Gasteiger partial charge < -0.3 is 4.57 Å². The maximum atomic E-state index is 13.8. The summed E-state index contributed by atoms with van der Waals surface area (Å²) < 4.78 is 15.9. The van der Waals surface area contributed by atoms with Crippen molar-refractivity contribution in [3.63, 3.8) is 0 Å². The van der Waals surface area contributed by atoms with Gasteiger partial charge >= 0.3 is 0 Å². The Morgan fingerprint density at radius 2 is 2.10 bits per heavy atom. The lowest BCUT2D eigenvalue weighted by molar-refractivity contribution is 0.637. The second-order valence-corrected chi connectivity index (χ2v) is 5.97. The van der Waals surface area contributed by atoms with Crippen molar-refractivity contribution >= 4 is 34.0 Å². The van der Waals surface area contributed by atoms with Crippen LogP contribution in [0.25, 0.3) is 11.0 Å². The van der Waals surface area contributed by atoms with Crippen molar-refractivity contribution in [3.05, 3.63) is 52.2 Å². The number of rotatable bonds is 5. The minimum absolute atomic E-state index is 0.270. The van der Waals surface area contributed by atoms with E-state index < -0.39 is 0 Å². The number of benzene rings is 1. The Morgan fingerprint density at radius 1 is 1.20 bits per heavy atom. The van der Waals surface area contributed by atoms with Gasteiger partial charge in [-0.25, -0.2) is 9.37 Å². The molecular weight excluding hydrogens is 295 g/mol. The summed E-state index contributed by atoms with van der Waals surface area (Å²) in [5.74, 6) is 1.08.